The maximum absolute atomic E-state index is 10.5. The van der Waals surface area contributed by atoms with Crippen LogP contribution in [0.5, 0.6) is 0 Å². The number of carboxylic acid groups (broad SMARTS) is 2. The lowest BCUT2D eigenvalue weighted by atomic mass is 10.2. The fourth-order valence-corrected chi connectivity index (χ4v) is 0.848. The molecule has 0 fully saturated rings. The van der Waals surface area contributed by atoms with E-state index in [4.69, 9.17) is 10.2 Å². The van der Waals surface area contributed by atoms with Crippen LogP contribution >= 0.6 is 0 Å². The molecule has 0 atom stereocenters. The second-order valence-corrected chi connectivity index (χ2v) is 2.14. The molecule has 0 saturated heterocycles. The van der Waals surface area contributed by atoms with Gasteiger partial charge in [0.25, 0.3) is 0 Å². The van der Waals surface area contributed by atoms with Crippen molar-refractivity contribution < 1.29 is 19.8 Å². The van der Waals surface area contributed by atoms with Crippen LogP contribution < -0.4 is 0 Å². The fraction of sp³-hybridized carbons (Fsp3) is 0.167. The van der Waals surface area contributed by atoms with Gasteiger partial charge in [-0.1, -0.05) is 0 Å². The molecule has 64 valence electrons. The number of carboxylic acids is 2. The molecule has 0 aromatic carbocycles. The summed E-state index contributed by atoms with van der Waals surface area (Å²) in [5, 5.41) is 20.6. The largest absolute Gasteiger partial charge is 0.478 e. The van der Waals surface area contributed by atoms with Gasteiger partial charge in [-0.3, -0.25) is 4.68 Å². The number of aromatic carboxylic acids is 2. The molecule has 0 aliphatic rings. The van der Waals surface area contributed by atoms with Crippen LogP contribution in [0, 0.1) is 0 Å². The van der Waals surface area contributed by atoms with Crippen LogP contribution in [0.15, 0.2) is 6.20 Å². The van der Waals surface area contributed by atoms with Gasteiger partial charge in [-0.2, -0.15) is 5.10 Å². The van der Waals surface area contributed by atoms with Gasteiger partial charge in [-0.05, 0) is 0 Å². The maximum Gasteiger partial charge on any atom is 0.355 e. The van der Waals surface area contributed by atoms with Crippen LogP contribution in [0.1, 0.15) is 20.8 Å². The summed E-state index contributed by atoms with van der Waals surface area (Å²) in [7, 11) is 1.37. The Morgan fingerprint density at radius 1 is 1.42 bits per heavy atom. The van der Waals surface area contributed by atoms with E-state index in [0.29, 0.717) is 0 Å². The highest BCUT2D eigenvalue weighted by Crippen LogP contribution is 2.06. The molecule has 1 rings (SSSR count). The number of nitrogens with zero attached hydrogens (tertiary/aromatic N) is 2. The van der Waals surface area contributed by atoms with Crippen LogP contribution in [0.3, 0.4) is 0 Å². The molecule has 6 heteroatoms. The van der Waals surface area contributed by atoms with Crippen molar-refractivity contribution in [2.45, 2.75) is 0 Å². The molecule has 0 spiro atoms. The predicted octanol–water partition coefficient (Wildman–Crippen LogP) is -0.184. The Morgan fingerprint density at radius 3 is 2.33 bits per heavy atom. The van der Waals surface area contributed by atoms with Crippen molar-refractivity contribution in [1.29, 1.82) is 0 Å². The zero-order valence-electron chi connectivity index (χ0n) is 6.18. The van der Waals surface area contributed by atoms with Crippen molar-refractivity contribution in [2.24, 2.45) is 7.05 Å². The standard InChI is InChI=1S/C6H6N2O4/c1-8-4(6(11)12)3(2-7-8)5(9)10/h2H,1H3,(H,9,10)(H,11,12)/i1-1. The smallest absolute Gasteiger partial charge is 0.355 e. The van der Waals surface area contributed by atoms with E-state index in [9.17, 15) is 9.59 Å². The van der Waals surface area contributed by atoms with Gasteiger partial charge >= 0.3 is 11.9 Å². The average molecular weight is 169 g/mol. The Bertz CT molecular complexity index is 341. The van der Waals surface area contributed by atoms with Crippen molar-refractivity contribution in [3.63, 3.8) is 0 Å². The van der Waals surface area contributed by atoms with E-state index in [1.807, 2.05) is 0 Å². The lowest BCUT2D eigenvalue weighted by molar-refractivity contribution is 0.0644. The lowest BCUT2D eigenvalue weighted by Crippen LogP contribution is -2.10. The maximum atomic E-state index is 10.5. The number of aryl methyl sites for hydroxylation is 1. The highest BCUT2D eigenvalue weighted by molar-refractivity contribution is 6.00. The molecule has 0 unspecified atom stereocenters. The summed E-state index contributed by atoms with van der Waals surface area (Å²) in [6.45, 7) is 0. The minimum Gasteiger partial charge on any atom is -0.478 e. The highest BCUT2D eigenvalue weighted by atomic mass is 16.4. The van der Waals surface area contributed by atoms with E-state index < -0.39 is 11.9 Å². The Hall–Kier alpha value is -1.85. The summed E-state index contributed by atoms with van der Waals surface area (Å²) >= 11 is 0. The first-order chi connectivity index (χ1) is 5.54. The molecule has 0 amide bonds. The number of carbonyl (C=O) groups is 2. The zero-order chi connectivity index (χ0) is 9.30. The van der Waals surface area contributed by atoms with E-state index in [1.54, 1.807) is 0 Å². The number of aromatic nitrogens is 2. The SMILES string of the molecule is [11CH3]n1ncc(C(=O)O)c1C(=O)O. The van der Waals surface area contributed by atoms with Crippen molar-refractivity contribution in [3.8, 4) is 0 Å². The summed E-state index contributed by atoms with van der Waals surface area (Å²) < 4.78 is 1.01. The predicted molar refractivity (Wildman–Crippen MR) is 37.1 cm³/mol. The number of hydrogen-bond acceptors (Lipinski definition) is 3. The first-order valence-electron chi connectivity index (χ1n) is 3.02. The van der Waals surface area contributed by atoms with E-state index in [0.717, 1.165) is 10.9 Å². The van der Waals surface area contributed by atoms with Crippen LogP contribution in [0.25, 0.3) is 0 Å². The molecule has 0 radical (unpaired) electrons. The third-order valence-electron chi connectivity index (χ3n) is 1.37. The fourth-order valence-electron chi connectivity index (χ4n) is 0.848. The van der Waals surface area contributed by atoms with Crippen LogP contribution in [0.2, 0.25) is 0 Å². The second kappa shape index (κ2) is 2.65. The molecule has 1 aromatic rings. The lowest BCUT2D eigenvalue weighted by Gasteiger charge is -1.95. The Morgan fingerprint density at radius 2 is 2.00 bits per heavy atom. The van der Waals surface area contributed by atoms with Crippen LogP contribution in [0.4, 0.5) is 0 Å². The van der Waals surface area contributed by atoms with Crippen molar-refractivity contribution in [2.75, 3.05) is 0 Å². The Kier molecular flexibility index (Phi) is 1.82. The van der Waals surface area contributed by atoms with E-state index in [1.165, 1.54) is 7.05 Å². The van der Waals surface area contributed by atoms with Gasteiger partial charge in [0.15, 0.2) is 5.69 Å². The van der Waals surface area contributed by atoms with Gasteiger partial charge in [-0.25, -0.2) is 9.59 Å². The molecule has 0 aliphatic heterocycles. The number of rotatable bonds is 2. The van der Waals surface area contributed by atoms with Crippen LogP contribution in [-0.4, -0.2) is 31.9 Å². The van der Waals surface area contributed by atoms with Gasteiger partial charge in [0.1, 0.15) is 5.56 Å². The molecule has 0 bridgehead atoms. The molecule has 0 saturated carbocycles. The molecule has 2 N–H and O–H groups in total. The van der Waals surface area contributed by atoms with Gasteiger partial charge in [-0.15, -0.1) is 0 Å². The monoisotopic (exact) mass is 169 g/mol. The zero-order valence-corrected chi connectivity index (χ0v) is 6.18. The second-order valence-electron chi connectivity index (χ2n) is 2.14. The van der Waals surface area contributed by atoms with E-state index in [2.05, 4.69) is 5.10 Å². The normalized spacial score (nSPS) is 9.75. The Balaban J connectivity index is 3.31. The summed E-state index contributed by atoms with van der Waals surface area (Å²) in [4.78, 5) is 20.9. The summed E-state index contributed by atoms with van der Waals surface area (Å²) in [5.74, 6) is -2.59. The summed E-state index contributed by atoms with van der Waals surface area (Å²) in [6, 6.07) is 0. The molecule has 1 aromatic heterocycles. The summed E-state index contributed by atoms with van der Waals surface area (Å²) in [5.41, 5.74) is -0.618. The molecular formula is C6H6N2O4. The third kappa shape index (κ3) is 1.14. The highest BCUT2D eigenvalue weighted by Gasteiger charge is 2.20. The van der Waals surface area contributed by atoms with Gasteiger partial charge in [0.05, 0.1) is 6.20 Å². The van der Waals surface area contributed by atoms with Crippen molar-refractivity contribution >= 4 is 11.9 Å². The molecule has 6 nitrogen and oxygen atoms in total. The first-order valence-corrected chi connectivity index (χ1v) is 3.02. The molecule has 0 aliphatic carbocycles. The number of hydrogen-bond donors (Lipinski definition) is 2. The quantitative estimate of drug-likeness (QED) is 0.640. The third-order valence-corrected chi connectivity index (χ3v) is 1.37. The van der Waals surface area contributed by atoms with Crippen molar-refractivity contribution in [1.82, 2.24) is 9.78 Å². The minimum atomic E-state index is -1.30. The van der Waals surface area contributed by atoms with E-state index in [-0.39, 0.29) is 11.3 Å². The summed E-state index contributed by atoms with van der Waals surface area (Å²) in [6.07, 6.45) is 1.01. The first kappa shape index (κ1) is 8.25. The van der Waals surface area contributed by atoms with Gasteiger partial charge in [0.2, 0.25) is 0 Å². The topological polar surface area (TPSA) is 92.4 Å². The van der Waals surface area contributed by atoms with E-state index >= 15 is 0 Å². The Labute approximate surface area is 67.0 Å². The van der Waals surface area contributed by atoms with Gasteiger partial charge in [0, 0.05) is 7.05 Å². The van der Waals surface area contributed by atoms with Crippen molar-refractivity contribution in [3.05, 3.63) is 17.5 Å². The van der Waals surface area contributed by atoms with Gasteiger partial charge < -0.3 is 10.2 Å². The molecule has 12 heavy (non-hydrogen) atoms. The minimum absolute atomic E-state index is 0.301. The van der Waals surface area contributed by atoms with Crippen LogP contribution in [-0.2, 0) is 7.05 Å². The molecule has 1 heterocycles. The average Bonchev–Trinajstić information content (AvgIpc) is 2.30. The molecular weight excluding hydrogens is 163 g/mol.